The van der Waals surface area contributed by atoms with Crippen LogP contribution in [0.4, 0.5) is 0 Å². The zero-order chi connectivity index (χ0) is 20.4. The summed E-state index contributed by atoms with van der Waals surface area (Å²) in [6.45, 7) is 4.36. The molecule has 0 aliphatic carbocycles. The maximum Gasteiger partial charge on any atom is 0.258 e. The number of nitrogens with one attached hydrogen (secondary N) is 1. The molecule has 29 heavy (non-hydrogen) atoms. The Labute approximate surface area is 180 Å². The van der Waals surface area contributed by atoms with Gasteiger partial charge in [-0.25, -0.2) is 4.98 Å². The van der Waals surface area contributed by atoms with Gasteiger partial charge in [-0.1, -0.05) is 41.0 Å². The topological polar surface area (TPSA) is 76.5 Å². The molecule has 1 N–H and O–H groups in total. The van der Waals surface area contributed by atoms with E-state index in [1.807, 2.05) is 28.8 Å². The summed E-state index contributed by atoms with van der Waals surface area (Å²) in [5, 5.41) is 11.0. The van der Waals surface area contributed by atoms with E-state index in [1.165, 1.54) is 11.8 Å². The summed E-state index contributed by atoms with van der Waals surface area (Å²) in [5.74, 6) is 1.68. The van der Waals surface area contributed by atoms with Crippen LogP contribution in [0.5, 0.6) is 0 Å². The molecule has 0 radical (unpaired) electrons. The normalized spacial score (nSPS) is 11.1. The number of H-pyrrole nitrogens is 1. The van der Waals surface area contributed by atoms with E-state index in [1.54, 1.807) is 24.3 Å². The fourth-order valence-corrected chi connectivity index (χ4v) is 3.97. The number of benzene rings is 2. The molecule has 4 rings (SSSR count). The van der Waals surface area contributed by atoms with Crippen molar-refractivity contribution in [1.82, 2.24) is 24.7 Å². The average Bonchev–Trinajstić information content (AvgIpc) is 3.09. The highest BCUT2D eigenvalue weighted by Gasteiger charge is 2.14. The molecule has 2 aromatic carbocycles. The van der Waals surface area contributed by atoms with Gasteiger partial charge in [0, 0.05) is 22.2 Å². The van der Waals surface area contributed by atoms with Gasteiger partial charge in [0.2, 0.25) is 0 Å². The highest BCUT2D eigenvalue weighted by molar-refractivity contribution is 7.98. The van der Waals surface area contributed by atoms with E-state index in [4.69, 9.17) is 23.2 Å². The molecular weight excluding hydrogens is 429 g/mol. The van der Waals surface area contributed by atoms with Gasteiger partial charge in [0.1, 0.15) is 5.82 Å². The van der Waals surface area contributed by atoms with Gasteiger partial charge in [0.05, 0.1) is 16.7 Å². The third-order valence-electron chi connectivity index (χ3n) is 4.19. The summed E-state index contributed by atoms with van der Waals surface area (Å²) in [6, 6.07) is 12.4. The zero-order valence-electron chi connectivity index (χ0n) is 15.1. The minimum atomic E-state index is -0.198. The fraction of sp³-hybridized carbons (Fsp3) is 0.100. The molecule has 146 valence electrons. The Morgan fingerprint density at radius 1 is 1.10 bits per heavy atom. The van der Waals surface area contributed by atoms with Crippen molar-refractivity contribution in [2.75, 3.05) is 0 Å². The maximum atomic E-state index is 12.3. The van der Waals surface area contributed by atoms with E-state index >= 15 is 0 Å². The van der Waals surface area contributed by atoms with Crippen LogP contribution < -0.4 is 5.56 Å². The number of aromatic nitrogens is 5. The quantitative estimate of drug-likeness (QED) is 0.336. The second-order valence-corrected chi connectivity index (χ2v) is 7.99. The molecule has 0 spiro atoms. The predicted molar refractivity (Wildman–Crippen MR) is 118 cm³/mol. The standard InChI is InChI=1S/C20H15Cl2N5OS/c1-2-9-27-18(12-3-5-13(21)6-4-12)25-26-20(27)29-11-17-23-16-10-14(22)7-8-15(16)19(28)24-17/h2-8,10H,1,9,11H2,(H,23,24,28). The smallest absolute Gasteiger partial charge is 0.258 e. The van der Waals surface area contributed by atoms with Crippen LogP contribution in [0.25, 0.3) is 22.3 Å². The van der Waals surface area contributed by atoms with Crippen molar-refractivity contribution in [3.05, 3.63) is 81.3 Å². The summed E-state index contributed by atoms with van der Waals surface area (Å²) < 4.78 is 1.96. The molecule has 0 aliphatic heterocycles. The van der Waals surface area contributed by atoms with Gasteiger partial charge in [0.25, 0.3) is 5.56 Å². The first-order chi connectivity index (χ1) is 14.0. The molecular formula is C20H15Cl2N5OS. The van der Waals surface area contributed by atoms with Crippen LogP contribution in [0, 0.1) is 0 Å². The molecule has 0 amide bonds. The second-order valence-electron chi connectivity index (χ2n) is 6.18. The first kappa shape index (κ1) is 19.7. The average molecular weight is 444 g/mol. The van der Waals surface area contributed by atoms with Crippen LogP contribution in [0.15, 0.2) is 65.1 Å². The third kappa shape index (κ3) is 4.22. The van der Waals surface area contributed by atoms with E-state index in [0.717, 1.165) is 11.4 Å². The van der Waals surface area contributed by atoms with Crippen LogP contribution >= 0.6 is 35.0 Å². The van der Waals surface area contributed by atoms with Crippen LogP contribution in [0.1, 0.15) is 5.82 Å². The minimum absolute atomic E-state index is 0.198. The van der Waals surface area contributed by atoms with E-state index < -0.39 is 0 Å². The molecule has 2 heterocycles. The van der Waals surface area contributed by atoms with Crippen molar-refractivity contribution >= 4 is 45.9 Å². The summed E-state index contributed by atoms with van der Waals surface area (Å²) in [5.41, 5.74) is 1.27. The van der Waals surface area contributed by atoms with Crippen LogP contribution in [0.3, 0.4) is 0 Å². The number of nitrogens with zero attached hydrogens (tertiary/aromatic N) is 4. The number of allylic oxidation sites excluding steroid dienone is 1. The lowest BCUT2D eigenvalue weighted by Crippen LogP contribution is -2.11. The van der Waals surface area contributed by atoms with Crippen molar-refractivity contribution < 1.29 is 0 Å². The Bertz CT molecular complexity index is 1250. The molecule has 6 nitrogen and oxygen atoms in total. The van der Waals surface area contributed by atoms with Crippen LogP contribution in [-0.2, 0) is 12.3 Å². The lowest BCUT2D eigenvalue weighted by atomic mass is 10.2. The monoisotopic (exact) mass is 443 g/mol. The number of aromatic amines is 1. The lowest BCUT2D eigenvalue weighted by Gasteiger charge is -2.08. The number of halogens is 2. The molecule has 0 bridgehead atoms. The Kier molecular flexibility index (Phi) is 5.71. The van der Waals surface area contributed by atoms with Crippen molar-refractivity contribution in [2.24, 2.45) is 0 Å². The first-order valence-corrected chi connectivity index (χ1v) is 10.4. The molecule has 2 aromatic heterocycles. The fourth-order valence-electron chi connectivity index (χ4n) is 2.86. The Morgan fingerprint density at radius 3 is 2.62 bits per heavy atom. The van der Waals surface area contributed by atoms with Gasteiger partial charge in [0.15, 0.2) is 11.0 Å². The van der Waals surface area contributed by atoms with E-state index in [9.17, 15) is 4.79 Å². The molecule has 4 aromatic rings. The second kappa shape index (κ2) is 8.41. The minimum Gasteiger partial charge on any atom is -0.309 e. The lowest BCUT2D eigenvalue weighted by molar-refractivity contribution is 0.730. The molecule has 0 saturated carbocycles. The van der Waals surface area contributed by atoms with Crippen molar-refractivity contribution in [2.45, 2.75) is 17.5 Å². The van der Waals surface area contributed by atoms with Crippen molar-refractivity contribution in [3.8, 4) is 11.4 Å². The van der Waals surface area contributed by atoms with Gasteiger partial charge in [-0.15, -0.1) is 16.8 Å². The summed E-state index contributed by atoms with van der Waals surface area (Å²) in [7, 11) is 0. The number of hydrogen-bond donors (Lipinski definition) is 1. The van der Waals surface area contributed by atoms with E-state index in [2.05, 4.69) is 26.7 Å². The van der Waals surface area contributed by atoms with E-state index in [0.29, 0.717) is 44.2 Å². The largest absolute Gasteiger partial charge is 0.309 e. The number of thioether (sulfide) groups is 1. The maximum absolute atomic E-state index is 12.3. The molecule has 0 unspecified atom stereocenters. The highest BCUT2D eigenvalue weighted by Crippen LogP contribution is 2.27. The molecule has 0 fully saturated rings. The first-order valence-electron chi connectivity index (χ1n) is 8.66. The summed E-state index contributed by atoms with van der Waals surface area (Å²) >= 11 is 13.4. The Morgan fingerprint density at radius 2 is 1.86 bits per heavy atom. The third-order valence-corrected chi connectivity index (χ3v) is 5.65. The molecule has 0 atom stereocenters. The Hall–Kier alpha value is -2.61. The van der Waals surface area contributed by atoms with E-state index in [-0.39, 0.29) is 5.56 Å². The number of hydrogen-bond acceptors (Lipinski definition) is 5. The SMILES string of the molecule is C=CCn1c(SCc2nc3cc(Cl)ccc3c(=O)[nH]2)nnc1-c1ccc(Cl)cc1. The van der Waals surface area contributed by atoms with Gasteiger partial charge >= 0.3 is 0 Å². The molecule has 0 saturated heterocycles. The summed E-state index contributed by atoms with van der Waals surface area (Å²) in [4.78, 5) is 19.6. The molecule has 9 heteroatoms. The zero-order valence-corrected chi connectivity index (χ0v) is 17.4. The number of fused-ring (bicyclic) bond motifs is 1. The summed E-state index contributed by atoms with van der Waals surface area (Å²) in [6.07, 6.45) is 1.78. The Balaban J connectivity index is 1.63. The molecule has 0 aliphatic rings. The van der Waals surface area contributed by atoms with Gasteiger partial charge in [-0.2, -0.15) is 0 Å². The van der Waals surface area contributed by atoms with Gasteiger partial charge < -0.3 is 4.98 Å². The number of rotatable bonds is 6. The van der Waals surface area contributed by atoms with Crippen molar-refractivity contribution in [3.63, 3.8) is 0 Å². The van der Waals surface area contributed by atoms with Gasteiger partial charge in [-0.05, 0) is 42.5 Å². The predicted octanol–water partition coefficient (Wildman–Crippen LogP) is 4.97. The van der Waals surface area contributed by atoms with Crippen LogP contribution in [0.2, 0.25) is 10.0 Å². The van der Waals surface area contributed by atoms with Gasteiger partial charge in [-0.3, -0.25) is 9.36 Å². The van der Waals surface area contributed by atoms with Crippen molar-refractivity contribution in [1.29, 1.82) is 0 Å². The van der Waals surface area contributed by atoms with Crippen LogP contribution in [-0.4, -0.2) is 24.7 Å². The highest BCUT2D eigenvalue weighted by atomic mass is 35.5.